The molecule has 1 fully saturated rings. The van der Waals surface area contributed by atoms with Crippen molar-refractivity contribution in [2.75, 3.05) is 0 Å². The zero-order valence-electron chi connectivity index (χ0n) is 12.3. The Morgan fingerprint density at radius 1 is 1.43 bits per heavy atom. The Bertz CT molecular complexity index is 532. The Morgan fingerprint density at radius 3 is 2.81 bits per heavy atom. The van der Waals surface area contributed by atoms with Gasteiger partial charge in [-0.1, -0.05) is 25.5 Å². The molecule has 0 bridgehead atoms. The standard InChI is InChI=1S/C16H21NO3S/c1-3-6-11-9-13(11)17-15(18)12-7-4-5-8-14(12)21-10(2)16(19)20/h4-5,7-8,10-11,13H,3,6,9H2,1-2H3,(H,17,18)(H,19,20). The van der Waals surface area contributed by atoms with Crippen LogP contribution in [0, 0.1) is 5.92 Å². The third-order valence-electron chi connectivity index (χ3n) is 3.68. The van der Waals surface area contributed by atoms with E-state index in [0.717, 1.165) is 24.2 Å². The summed E-state index contributed by atoms with van der Waals surface area (Å²) in [6.45, 7) is 3.77. The highest BCUT2D eigenvalue weighted by Crippen LogP contribution is 2.35. The number of carbonyl (C=O) groups is 2. The number of thioether (sulfide) groups is 1. The summed E-state index contributed by atoms with van der Waals surface area (Å²) in [4.78, 5) is 24.0. The molecule has 2 rings (SSSR count). The second kappa shape index (κ2) is 6.98. The van der Waals surface area contributed by atoms with Gasteiger partial charge in [0.05, 0.1) is 5.56 Å². The van der Waals surface area contributed by atoms with Gasteiger partial charge in [-0.25, -0.2) is 0 Å². The first-order valence-electron chi connectivity index (χ1n) is 7.32. The lowest BCUT2D eigenvalue weighted by atomic mass is 10.2. The number of hydrogen-bond donors (Lipinski definition) is 2. The molecule has 1 aromatic carbocycles. The van der Waals surface area contributed by atoms with Crippen LogP contribution in [-0.2, 0) is 4.79 Å². The lowest BCUT2D eigenvalue weighted by Crippen LogP contribution is -2.27. The van der Waals surface area contributed by atoms with Gasteiger partial charge in [0.15, 0.2) is 0 Å². The molecule has 2 N–H and O–H groups in total. The Balaban J connectivity index is 2.02. The fourth-order valence-electron chi connectivity index (χ4n) is 2.36. The molecule has 1 aliphatic carbocycles. The average Bonchev–Trinajstić information content (AvgIpc) is 3.17. The maximum Gasteiger partial charge on any atom is 0.316 e. The summed E-state index contributed by atoms with van der Waals surface area (Å²) in [7, 11) is 0. The highest BCUT2D eigenvalue weighted by atomic mass is 32.2. The highest BCUT2D eigenvalue weighted by molar-refractivity contribution is 8.00. The van der Waals surface area contributed by atoms with E-state index in [2.05, 4.69) is 12.2 Å². The van der Waals surface area contributed by atoms with Crippen molar-refractivity contribution in [3.05, 3.63) is 29.8 Å². The normalized spacial score (nSPS) is 21.6. The first kappa shape index (κ1) is 15.9. The smallest absolute Gasteiger partial charge is 0.316 e. The molecule has 5 heteroatoms. The minimum Gasteiger partial charge on any atom is -0.480 e. The van der Waals surface area contributed by atoms with Gasteiger partial charge in [-0.15, -0.1) is 11.8 Å². The van der Waals surface area contributed by atoms with Crippen molar-refractivity contribution < 1.29 is 14.7 Å². The molecule has 0 radical (unpaired) electrons. The monoisotopic (exact) mass is 307 g/mol. The minimum absolute atomic E-state index is 0.0979. The largest absolute Gasteiger partial charge is 0.480 e. The van der Waals surface area contributed by atoms with E-state index in [0.29, 0.717) is 11.5 Å². The third kappa shape index (κ3) is 4.24. The fraction of sp³-hybridized carbons (Fsp3) is 0.500. The molecule has 1 saturated carbocycles. The van der Waals surface area contributed by atoms with Gasteiger partial charge in [0, 0.05) is 10.9 Å². The van der Waals surface area contributed by atoms with Crippen LogP contribution in [0.2, 0.25) is 0 Å². The lowest BCUT2D eigenvalue weighted by Gasteiger charge is -2.11. The van der Waals surface area contributed by atoms with E-state index in [9.17, 15) is 9.59 Å². The first-order chi connectivity index (χ1) is 10.0. The molecular formula is C16H21NO3S. The van der Waals surface area contributed by atoms with Crippen LogP contribution in [0.4, 0.5) is 0 Å². The van der Waals surface area contributed by atoms with Crippen molar-refractivity contribution in [2.24, 2.45) is 5.92 Å². The van der Waals surface area contributed by atoms with E-state index >= 15 is 0 Å². The molecule has 0 saturated heterocycles. The van der Waals surface area contributed by atoms with Crippen molar-refractivity contribution in [3.8, 4) is 0 Å². The Kier molecular flexibility index (Phi) is 5.28. The number of nitrogens with one attached hydrogen (secondary N) is 1. The molecule has 4 nitrogen and oxygen atoms in total. The van der Waals surface area contributed by atoms with Crippen molar-refractivity contribution in [3.63, 3.8) is 0 Å². The molecule has 0 aromatic heterocycles. The van der Waals surface area contributed by atoms with E-state index < -0.39 is 11.2 Å². The van der Waals surface area contributed by atoms with Crippen LogP contribution >= 0.6 is 11.8 Å². The summed E-state index contributed by atoms with van der Waals surface area (Å²) in [6.07, 6.45) is 3.34. The van der Waals surface area contributed by atoms with Gasteiger partial charge in [-0.05, 0) is 37.8 Å². The average molecular weight is 307 g/mol. The molecule has 21 heavy (non-hydrogen) atoms. The summed E-state index contributed by atoms with van der Waals surface area (Å²) in [6, 6.07) is 7.47. The zero-order chi connectivity index (χ0) is 15.4. The van der Waals surface area contributed by atoms with Gasteiger partial charge in [0.25, 0.3) is 5.91 Å². The summed E-state index contributed by atoms with van der Waals surface area (Å²) in [5.41, 5.74) is 0.567. The van der Waals surface area contributed by atoms with E-state index in [-0.39, 0.29) is 11.9 Å². The van der Waals surface area contributed by atoms with Gasteiger partial charge in [0.1, 0.15) is 5.25 Å². The SMILES string of the molecule is CCCC1CC1NC(=O)c1ccccc1SC(C)C(=O)O. The maximum absolute atomic E-state index is 12.3. The highest BCUT2D eigenvalue weighted by Gasteiger charge is 2.37. The second-order valence-corrected chi connectivity index (χ2v) is 6.84. The van der Waals surface area contributed by atoms with Crippen LogP contribution < -0.4 is 5.32 Å². The number of aliphatic carboxylic acids is 1. The van der Waals surface area contributed by atoms with Crippen LogP contribution in [-0.4, -0.2) is 28.3 Å². The van der Waals surface area contributed by atoms with E-state index in [4.69, 9.17) is 5.11 Å². The number of carboxylic acid groups (broad SMARTS) is 1. The summed E-state index contributed by atoms with van der Waals surface area (Å²) >= 11 is 1.20. The molecule has 3 atom stereocenters. The number of hydrogen-bond acceptors (Lipinski definition) is 3. The van der Waals surface area contributed by atoms with Crippen molar-refractivity contribution in [2.45, 2.75) is 49.3 Å². The summed E-state index contributed by atoms with van der Waals surface area (Å²) in [5, 5.41) is 11.5. The number of amides is 1. The predicted octanol–water partition coefficient (Wildman–Crippen LogP) is 3.17. The number of rotatable bonds is 7. The lowest BCUT2D eigenvalue weighted by molar-refractivity contribution is -0.136. The van der Waals surface area contributed by atoms with Crippen LogP contribution in [0.1, 0.15) is 43.5 Å². The number of benzene rings is 1. The van der Waals surface area contributed by atoms with Gasteiger partial charge < -0.3 is 10.4 Å². The maximum atomic E-state index is 12.3. The van der Waals surface area contributed by atoms with Gasteiger partial charge in [0.2, 0.25) is 0 Å². The molecule has 0 aliphatic heterocycles. The summed E-state index contributed by atoms with van der Waals surface area (Å²) in [5.74, 6) is -0.364. The third-order valence-corrected chi connectivity index (χ3v) is 4.85. The molecule has 0 heterocycles. The molecule has 114 valence electrons. The molecule has 1 amide bonds. The Hall–Kier alpha value is -1.49. The van der Waals surface area contributed by atoms with E-state index in [1.165, 1.54) is 11.8 Å². The number of carbonyl (C=O) groups excluding carboxylic acids is 1. The zero-order valence-corrected chi connectivity index (χ0v) is 13.2. The Labute approximate surface area is 129 Å². The topological polar surface area (TPSA) is 66.4 Å². The molecular weight excluding hydrogens is 286 g/mol. The van der Waals surface area contributed by atoms with E-state index in [1.54, 1.807) is 25.1 Å². The van der Waals surface area contributed by atoms with Gasteiger partial charge >= 0.3 is 5.97 Å². The Morgan fingerprint density at radius 2 is 2.14 bits per heavy atom. The molecule has 1 aromatic rings. The fourth-order valence-corrected chi connectivity index (χ4v) is 3.28. The van der Waals surface area contributed by atoms with Crippen LogP contribution in [0.5, 0.6) is 0 Å². The second-order valence-electron chi connectivity index (χ2n) is 5.46. The molecule has 0 spiro atoms. The van der Waals surface area contributed by atoms with Crippen molar-refractivity contribution in [1.82, 2.24) is 5.32 Å². The van der Waals surface area contributed by atoms with Gasteiger partial charge in [-0.3, -0.25) is 9.59 Å². The van der Waals surface area contributed by atoms with E-state index in [1.807, 2.05) is 6.07 Å². The quantitative estimate of drug-likeness (QED) is 0.759. The number of carboxylic acids is 1. The van der Waals surface area contributed by atoms with Gasteiger partial charge in [-0.2, -0.15) is 0 Å². The van der Waals surface area contributed by atoms with Crippen LogP contribution in [0.3, 0.4) is 0 Å². The van der Waals surface area contributed by atoms with Crippen LogP contribution in [0.15, 0.2) is 29.2 Å². The predicted molar refractivity (Wildman–Crippen MR) is 83.7 cm³/mol. The van der Waals surface area contributed by atoms with Crippen LogP contribution in [0.25, 0.3) is 0 Å². The molecule has 1 aliphatic rings. The van der Waals surface area contributed by atoms with Crippen molar-refractivity contribution >= 4 is 23.6 Å². The minimum atomic E-state index is -0.875. The molecule has 3 unspecified atom stereocenters. The first-order valence-corrected chi connectivity index (χ1v) is 8.20. The van der Waals surface area contributed by atoms with Crippen molar-refractivity contribution in [1.29, 1.82) is 0 Å². The summed E-state index contributed by atoms with van der Waals surface area (Å²) < 4.78 is 0.